The number of carbonyl (C=O) groups is 3. The van der Waals surface area contributed by atoms with Gasteiger partial charge >= 0.3 is 0 Å². The number of ether oxygens (including phenoxy) is 5. The molecule has 5 aromatic carbocycles. The van der Waals surface area contributed by atoms with E-state index in [4.69, 9.17) is 68.5 Å². The third-order valence-electron chi connectivity index (χ3n) is 13.5. The molecule has 398 valence electrons. The second-order valence-corrected chi connectivity index (χ2v) is 19.8. The molecule has 17 heteroatoms. The molecule has 6 aromatic rings. The first kappa shape index (κ1) is 56.0. The van der Waals surface area contributed by atoms with E-state index < -0.39 is 5.82 Å². The quantitative estimate of drug-likeness (QED) is 0.0307. The summed E-state index contributed by atoms with van der Waals surface area (Å²) in [5.74, 6) is 0.547. The van der Waals surface area contributed by atoms with E-state index in [0.717, 1.165) is 34.4 Å². The molecule has 1 fully saturated rings. The number of hydrogen-bond acceptors (Lipinski definition) is 12. The summed E-state index contributed by atoms with van der Waals surface area (Å²) in [6.45, 7) is 5.50. The standard InChI is InChI=1S/C59H61Cl3FN5O8/c1-4-44-36-67(37-51(39-13-15-41(60)16-14-39)68(44)45-20-17-42(61)18-21-45)56(71)33-46(69)8-6-24-74-26-28-76-29-27-75-25-7-10-52(70)48-22-12-38(30-54(48)73-3)31-55-64-34-40-35-65-59(57-50(63)9-5-11-53(57)72-2)49-32-43(62)19-23-47(49)58(40)66-55/h5,9,11-23,30,32,34,44,51H,4,6-8,10,24-29,31,33,35-37H2,1-3H3/t44-,51-/m0/s1. The zero-order valence-corrected chi connectivity index (χ0v) is 45.1. The van der Waals surface area contributed by atoms with Gasteiger partial charge in [-0.2, -0.15) is 0 Å². The fourth-order valence-electron chi connectivity index (χ4n) is 9.63. The largest absolute Gasteiger partial charge is 0.496 e. The summed E-state index contributed by atoms with van der Waals surface area (Å²) in [6, 6.07) is 30.9. The van der Waals surface area contributed by atoms with E-state index in [2.05, 4.69) is 16.8 Å². The van der Waals surface area contributed by atoms with Crippen LogP contribution >= 0.6 is 34.8 Å². The molecule has 13 nitrogen and oxygen atoms in total. The molecule has 2 aliphatic heterocycles. The van der Waals surface area contributed by atoms with Crippen molar-refractivity contribution in [2.24, 2.45) is 4.99 Å². The molecular formula is C59H61Cl3FN5O8. The van der Waals surface area contributed by atoms with Gasteiger partial charge in [-0.25, -0.2) is 14.4 Å². The highest BCUT2D eigenvalue weighted by Gasteiger charge is 2.37. The zero-order valence-electron chi connectivity index (χ0n) is 42.9. The Balaban J connectivity index is 0.714. The van der Waals surface area contributed by atoms with Crippen LogP contribution in [-0.2, 0) is 36.8 Å². The van der Waals surface area contributed by atoms with E-state index in [9.17, 15) is 14.4 Å². The number of Topliss-reactive ketones (excluding diaryl/α,β-unsaturated/α-hetero) is 2. The van der Waals surface area contributed by atoms with Crippen LogP contribution in [0.2, 0.25) is 15.1 Å². The van der Waals surface area contributed by atoms with E-state index in [0.29, 0.717) is 127 Å². The van der Waals surface area contributed by atoms with Crippen molar-refractivity contribution in [1.29, 1.82) is 0 Å². The van der Waals surface area contributed by atoms with Gasteiger partial charge in [0.15, 0.2) is 5.78 Å². The molecule has 1 saturated heterocycles. The van der Waals surface area contributed by atoms with Gasteiger partial charge in [0.25, 0.3) is 0 Å². The number of rotatable bonds is 25. The third kappa shape index (κ3) is 14.2. The summed E-state index contributed by atoms with van der Waals surface area (Å²) < 4.78 is 43.6. The van der Waals surface area contributed by atoms with E-state index in [1.807, 2.05) is 71.6 Å². The van der Waals surface area contributed by atoms with E-state index in [1.165, 1.54) is 20.3 Å². The van der Waals surface area contributed by atoms with Crippen LogP contribution < -0.4 is 14.4 Å². The van der Waals surface area contributed by atoms with Gasteiger partial charge in [-0.15, -0.1) is 0 Å². The molecule has 0 unspecified atom stereocenters. The number of methoxy groups -OCH3 is 2. The molecule has 1 aromatic heterocycles. The molecule has 0 saturated carbocycles. The number of anilines is 1. The molecular weight excluding hydrogens is 1030 g/mol. The minimum Gasteiger partial charge on any atom is -0.496 e. The molecule has 2 aliphatic rings. The Kier molecular flexibility index (Phi) is 20.0. The molecule has 3 heterocycles. The van der Waals surface area contributed by atoms with E-state index in [-0.39, 0.29) is 60.9 Å². The Bertz CT molecular complexity index is 3020. The Morgan fingerprint density at radius 3 is 2.09 bits per heavy atom. The first-order valence-electron chi connectivity index (χ1n) is 25.5. The van der Waals surface area contributed by atoms with Gasteiger partial charge in [0.2, 0.25) is 5.91 Å². The van der Waals surface area contributed by atoms with E-state index >= 15 is 4.39 Å². The van der Waals surface area contributed by atoms with Gasteiger partial charge in [0, 0.05) is 95.3 Å². The second-order valence-electron chi connectivity index (χ2n) is 18.5. The van der Waals surface area contributed by atoms with E-state index in [1.54, 1.807) is 36.5 Å². The molecule has 0 N–H and O–H groups in total. The van der Waals surface area contributed by atoms with Crippen molar-refractivity contribution in [3.63, 3.8) is 0 Å². The monoisotopic (exact) mass is 1090 g/mol. The van der Waals surface area contributed by atoms with Crippen molar-refractivity contribution in [2.75, 3.05) is 71.9 Å². The van der Waals surface area contributed by atoms with Crippen molar-refractivity contribution in [1.82, 2.24) is 14.9 Å². The highest BCUT2D eigenvalue weighted by molar-refractivity contribution is 6.32. The first-order valence-corrected chi connectivity index (χ1v) is 26.6. The van der Waals surface area contributed by atoms with Crippen molar-refractivity contribution >= 4 is 63.7 Å². The van der Waals surface area contributed by atoms with Gasteiger partial charge < -0.3 is 33.5 Å². The average Bonchev–Trinajstić information content (AvgIpc) is 3.61. The Labute approximate surface area is 458 Å². The maximum atomic E-state index is 15.4. The summed E-state index contributed by atoms with van der Waals surface area (Å²) in [4.78, 5) is 58.4. The number of hydrogen-bond donors (Lipinski definition) is 0. The summed E-state index contributed by atoms with van der Waals surface area (Å²) in [5.41, 5.74) is 6.86. The number of ketones is 2. The fourth-order valence-corrected chi connectivity index (χ4v) is 10.1. The normalized spacial score (nSPS) is 15.1. The zero-order chi connectivity index (χ0) is 53.6. The Morgan fingerprint density at radius 1 is 0.724 bits per heavy atom. The highest BCUT2D eigenvalue weighted by Crippen LogP contribution is 2.38. The minimum absolute atomic E-state index is 0.0372. The number of aliphatic imine (C=N–C) groups is 1. The number of aromatic nitrogens is 2. The lowest BCUT2D eigenvalue weighted by Gasteiger charge is -2.48. The molecule has 0 radical (unpaired) electrons. The Hall–Kier alpha value is -6.26. The summed E-state index contributed by atoms with van der Waals surface area (Å²) in [5, 5.41) is 1.77. The minimum atomic E-state index is -0.464. The average molecular weight is 1090 g/mol. The molecule has 0 spiro atoms. The van der Waals surface area contributed by atoms with Crippen LogP contribution in [0.1, 0.15) is 95.5 Å². The third-order valence-corrected chi connectivity index (χ3v) is 14.2. The van der Waals surface area contributed by atoms with Gasteiger partial charge in [0.1, 0.15) is 28.9 Å². The summed E-state index contributed by atoms with van der Waals surface area (Å²) >= 11 is 18.9. The molecule has 76 heavy (non-hydrogen) atoms. The number of fused-ring (bicyclic) bond motifs is 3. The van der Waals surface area contributed by atoms with Crippen LogP contribution in [-0.4, -0.2) is 111 Å². The molecule has 0 bridgehead atoms. The highest BCUT2D eigenvalue weighted by atomic mass is 35.5. The number of halogens is 4. The van der Waals surface area contributed by atoms with Crippen molar-refractivity contribution in [2.45, 2.75) is 70.5 Å². The molecule has 0 aliphatic carbocycles. The number of piperazine rings is 1. The molecule has 2 atom stereocenters. The number of benzene rings is 5. The predicted molar refractivity (Wildman–Crippen MR) is 294 cm³/mol. The van der Waals surface area contributed by atoms with Crippen LogP contribution in [0.3, 0.4) is 0 Å². The van der Waals surface area contributed by atoms with Crippen LogP contribution in [0, 0.1) is 5.82 Å². The number of carbonyl (C=O) groups excluding carboxylic acids is 3. The lowest BCUT2D eigenvalue weighted by Crippen LogP contribution is -2.56. The van der Waals surface area contributed by atoms with Crippen LogP contribution in [0.4, 0.5) is 10.1 Å². The second kappa shape index (κ2) is 27.2. The van der Waals surface area contributed by atoms with Gasteiger partial charge in [-0.3, -0.25) is 19.4 Å². The lowest BCUT2D eigenvalue weighted by molar-refractivity contribution is -0.136. The Morgan fingerprint density at radius 2 is 1.39 bits per heavy atom. The maximum Gasteiger partial charge on any atom is 0.230 e. The molecule has 8 rings (SSSR count). The van der Waals surface area contributed by atoms with Crippen LogP contribution in [0.15, 0.2) is 114 Å². The lowest BCUT2D eigenvalue weighted by atomic mass is 9.94. The van der Waals surface area contributed by atoms with Crippen molar-refractivity contribution in [3.05, 3.63) is 169 Å². The topological polar surface area (TPSA) is 142 Å². The predicted octanol–water partition coefficient (Wildman–Crippen LogP) is 11.8. The fraction of sp³-hybridized carbons (Fsp3) is 0.356. The molecule has 1 amide bonds. The van der Waals surface area contributed by atoms with Gasteiger partial charge in [-0.05, 0) is 103 Å². The maximum absolute atomic E-state index is 15.4. The van der Waals surface area contributed by atoms with Gasteiger partial charge in [0.05, 0.1) is 82.2 Å². The SMILES string of the molecule is CC[C@H]1CN(C(=O)CC(=O)CCCOCCOCCOCCCC(=O)c2ccc(Cc3ncc4c(n3)-c3ccc(Cl)cc3C(c3c(F)cccc3OC)=NC4)cc2OC)C[C@@H](c2ccc(Cl)cc2)N1c1ccc(Cl)cc1. The van der Waals surface area contributed by atoms with Crippen LogP contribution in [0.5, 0.6) is 11.5 Å². The summed E-state index contributed by atoms with van der Waals surface area (Å²) in [7, 11) is 3.03. The van der Waals surface area contributed by atoms with Crippen LogP contribution in [0.25, 0.3) is 11.3 Å². The van der Waals surface area contributed by atoms with Crippen molar-refractivity contribution in [3.8, 4) is 22.8 Å². The summed E-state index contributed by atoms with van der Waals surface area (Å²) in [6.07, 6.45) is 4.31. The number of amides is 1. The van der Waals surface area contributed by atoms with Crippen molar-refractivity contribution < 1.29 is 42.5 Å². The first-order chi connectivity index (χ1) is 36.9. The number of nitrogens with zero attached hydrogens (tertiary/aromatic N) is 5. The van der Waals surface area contributed by atoms with Gasteiger partial charge in [-0.1, -0.05) is 72.1 Å². The smallest absolute Gasteiger partial charge is 0.230 e.